The van der Waals surface area contributed by atoms with Gasteiger partial charge in [-0.1, -0.05) is 17.7 Å². The number of methoxy groups -OCH3 is 1. The monoisotopic (exact) mass is 475 g/mol. The maximum atomic E-state index is 13.9. The van der Waals surface area contributed by atoms with Gasteiger partial charge in [-0.2, -0.15) is 10.2 Å². The van der Waals surface area contributed by atoms with Crippen molar-refractivity contribution in [3.05, 3.63) is 80.9 Å². The molecule has 3 rings (SSSR count). The van der Waals surface area contributed by atoms with Crippen LogP contribution in [0.25, 0.3) is 0 Å². The van der Waals surface area contributed by atoms with Crippen LogP contribution in [0.4, 0.5) is 10.1 Å². The maximum Gasteiger partial charge on any atom is 0.307 e. The van der Waals surface area contributed by atoms with Gasteiger partial charge in [0.2, 0.25) is 0 Å². The maximum absolute atomic E-state index is 13.9. The van der Waals surface area contributed by atoms with E-state index in [1.54, 1.807) is 31.2 Å². The first-order chi connectivity index (χ1) is 15.8. The van der Waals surface area contributed by atoms with E-state index < -0.39 is 16.6 Å². The number of carbonyl (C=O) groups is 1. The van der Waals surface area contributed by atoms with E-state index >= 15 is 0 Å². The Labute approximate surface area is 192 Å². The van der Waals surface area contributed by atoms with Crippen LogP contribution in [0.2, 0.25) is 5.02 Å². The first-order valence-corrected chi connectivity index (χ1v) is 9.90. The Bertz CT molecular complexity index is 1190. The molecule has 0 aliphatic heterocycles. The predicted octanol–water partition coefficient (Wildman–Crippen LogP) is 3.71. The lowest BCUT2D eigenvalue weighted by molar-refractivity contribution is -0.385. The number of rotatable bonds is 9. The third-order valence-electron chi connectivity index (χ3n) is 4.50. The number of nitro groups is 1. The molecule has 0 saturated carbocycles. The minimum absolute atomic E-state index is 0.0874. The number of halogens is 2. The highest BCUT2D eigenvalue weighted by atomic mass is 35.5. The molecule has 0 radical (unpaired) electrons. The molecular formula is C21H19ClFN5O5. The van der Waals surface area contributed by atoms with E-state index in [-0.39, 0.29) is 29.4 Å². The number of hydrogen-bond donors (Lipinski definition) is 1. The molecular weight excluding hydrogens is 457 g/mol. The lowest BCUT2D eigenvalue weighted by Crippen LogP contribution is -2.24. The number of hydrazone groups is 1. The molecule has 0 bridgehead atoms. The smallest absolute Gasteiger partial charge is 0.307 e. The first kappa shape index (κ1) is 23.7. The fourth-order valence-electron chi connectivity index (χ4n) is 2.76. The minimum atomic E-state index is -0.602. The molecule has 0 aliphatic carbocycles. The Morgan fingerprint density at radius 1 is 1.33 bits per heavy atom. The standard InChI is InChI=1S/C21H19ClFN5O5/c1-13(25-26-21(29)11-27-10-15(9-24-27)28(30)31)14-6-7-19(20(8-14)32-2)33-12-16-17(22)4-3-5-18(16)23/h3-10H,11-12H2,1-2H3,(H,26,29)/b25-13+. The molecule has 2 aromatic carbocycles. The molecule has 12 heteroatoms. The lowest BCUT2D eigenvalue weighted by atomic mass is 10.1. The van der Waals surface area contributed by atoms with Gasteiger partial charge in [0, 0.05) is 11.1 Å². The van der Waals surface area contributed by atoms with Crippen LogP contribution in [-0.4, -0.2) is 33.4 Å². The Hall–Kier alpha value is -3.99. The van der Waals surface area contributed by atoms with E-state index in [4.69, 9.17) is 21.1 Å². The van der Waals surface area contributed by atoms with E-state index in [9.17, 15) is 19.3 Å². The molecule has 1 amide bonds. The molecule has 172 valence electrons. The van der Waals surface area contributed by atoms with Crippen molar-refractivity contribution in [1.82, 2.24) is 15.2 Å². The van der Waals surface area contributed by atoms with Crippen LogP contribution < -0.4 is 14.9 Å². The molecule has 0 unspecified atom stereocenters. The van der Waals surface area contributed by atoms with Gasteiger partial charge in [0.15, 0.2) is 11.5 Å². The van der Waals surface area contributed by atoms with E-state index in [2.05, 4.69) is 15.6 Å². The van der Waals surface area contributed by atoms with Gasteiger partial charge < -0.3 is 9.47 Å². The summed E-state index contributed by atoms with van der Waals surface area (Å²) in [4.78, 5) is 22.1. The number of nitrogens with zero attached hydrogens (tertiary/aromatic N) is 4. The van der Waals surface area contributed by atoms with Gasteiger partial charge in [-0.15, -0.1) is 0 Å². The van der Waals surface area contributed by atoms with Gasteiger partial charge in [0.25, 0.3) is 5.91 Å². The zero-order chi connectivity index (χ0) is 24.0. The summed E-state index contributed by atoms with van der Waals surface area (Å²) < 4.78 is 26.1. The van der Waals surface area contributed by atoms with Crippen LogP contribution in [0.1, 0.15) is 18.1 Å². The number of hydrogen-bond acceptors (Lipinski definition) is 7. The van der Waals surface area contributed by atoms with Gasteiger partial charge in [-0.05, 0) is 37.3 Å². The summed E-state index contributed by atoms with van der Waals surface area (Å²) in [5.41, 5.74) is 3.49. The molecule has 0 atom stereocenters. The fraction of sp³-hybridized carbons (Fsp3) is 0.190. The van der Waals surface area contributed by atoms with Crippen molar-refractivity contribution in [2.75, 3.05) is 7.11 Å². The highest BCUT2D eigenvalue weighted by Gasteiger charge is 2.13. The van der Waals surface area contributed by atoms with Gasteiger partial charge in [0.05, 0.1) is 22.8 Å². The molecule has 0 spiro atoms. The van der Waals surface area contributed by atoms with Crippen LogP contribution >= 0.6 is 11.6 Å². The van der Waals surface area contributed by atoms with Crippen molar-refractivity contribution >= 4 is 28.9 Å². The summed E-state index contributed by atoms with van der Waals surface area (Å²) in [7, 11) is 1.46. The van der Waals surface area contributed by atoms with Gasteiger partial charge in [-0.25, -0.2) is 9.82 Å². The average Bonchev–Trinajstić information content (AvgIpc) is 3.26. The van der Waals surface area contributed by atoms with Crippen molar-refractivity contribution in [3.63, 3.8) is 0 Å². The SMILES string of the molecule is COc1cc(/C(C)=N/NC(=O)Cn2cc([N+](=O)[O-])cn2)ccc1OCc1c(F)cccc1Cl. The number of nitrogens with one attached hydrogen (secondary N) is 1. The number of amides is 1. The Morgan fingerprint density at radius 3 is 2.79 bits per heavy atom. The normalized spacial score (nSPS) is 11.2. The van der Waals surface area contributed by atoms with Crippen molar-refractivity contribution in [1.29, 1.82) is 0 Å². The molecule has 3 aromatic rings. The van der Waals surface area contributed by atoms with Crippen molar-refractivity contribution in [2.45, 2.75) is 20.1 Å². The molecule has 0 saturated heterocycles. The molecule has 10 nitrogen and oxygen atoms in total. The van der Waals surface area contributed by atoms with Crippen molar-refractivity contribution in [3.8, 4) is 11.5 Å². The Balaban J connectivity index is 1.65. The van der Waals surface area contributed by atoms with Crippen molar-refractivity contribution in [2.24, 2.45) is 5.10 Å². The lowest BCUT2D eigenvalue weighted by Gasteiger charge is -2.13. The number of ether oxygens (including phenoxy) is 2. The van der Waals surface area contributed by atoms with Crippen LogP contribution in [0.3, 0.4) is 0 Å². The summed E-state index contributed by atoms with van der Waals surface area (Å²) in [6.45, 7) is 1.35. The molecule has 33 heavy (non-hydrogen) atoms. The summed E-state index contributed by atoms with van der Waals surface area (Å²) in [5, 5.41) is 18.7. The van der Waals surface area contributed by atoms with Crippen LogP contribution in [0, 0.1) is 15.9 Å². The highest BCUT2D eigenvalue weighted by Crippen LogP contribution is 2.30. The third-order valence-corrected chi connectivity index (χ3v) is 4.85. The highest BCUT2D eigenvalue weighted by molar-refractivity contribution is 6.31. The molecule has 1 N–H and O–H groups in total. The largest absolute Gasteiger partial charge is 0.493 e. The quantitative estimate of drug-likeness (QED) is 0.286. The average molecular weight is 476 g/mol. The fourth-order valence-corrected chi connectivity index (χ4v) is 2.98. The predicted molar refractivity (Wildman–Crippen MR) is 118 cm³/mol. The topological polar surface area (TPSA) is 121 Å². The first-order valence-electron chi connectivity index (χ1n) is 9.52. The minimum Gasteiger partial charge on any atom is -0.493 e. The third kappa shape index (κ3) is 6.04. The molecule has 1 heterocycles. The summed E-state index contributed by atoms with van der Waals surface area (Å²) in [6.07, 6.45) is 2.20. The van der Waals surface area contributed by atoms with E-state index in [0.717, 1.165) is 17.1 Å². The van der Waals surface area contributed by atoms with Crippen LogP contribution in [0.5, 0.6) is 11.5 Å². The van der Waals surface area contributed by atoms with Crippen LogP contribution in [0.15, 0.2) is 53.9 Å². The molecule has 1 aromatic heterocycles. The van der Waals surface area contributed by atoms with E-state index in [1.807, 2.05) is 0 Å². The van der Waals surface area contributed by atoms with E-state index in [1.165, 1.54) is 19.2 Å². The molecule has 0 fully saturated rings. The second kappa shape index (κ2) is 10.6. The van der Waals surface area contributed by atoms with E-state index in [0.29, 0.717) is 22.8 Å². The zero-order valence-corrected chi connectivity index (χ0v) is 18.4. The Morgan fingerprint density at radius 2 is 2.12 bits per heavy atom. The van der Waals surface area contributed by atoms with Crippen LogP contribution in [-0.2, 0) is 17.9 Å². The Kier molecular flexibility index (Phi) is 7.57. The molecule has 0 aliphatic rings. The van der Waals surface area contributed by atoms with Gasteiger partial charge in [-0.3, -0.25) is 19.6 Å². The summed E-state index contributed by atoms with van der Waals surface area (Å²) in [5.74, 6) is -0.232. The van der Waals surface area contributed by atoms with Gasteiger partial charge in [0.1, 0.15) is 31.4 Å². The number of carbonyl (C=O) groups excluding carboxylic acids is 1. The second-order valence-electron chi connectivity index (χ2n) is 6.74. The number of benzene rings is 2. The second-order valence-corrected chi connectivity index (χ2v) is 7.15. The zero-order valence-electron chi connectivity index (χ0n) is 17.6. The van der Waals surface area contributed by atoms with Gasteiger partial charge >= 0.3 is 5.69 Å². The summed E-state index contributed by atoms with van der Waals surface area (Å²) >= 11 is 6.03. The summed E-state index contributed by atoms with van der Waals surface area (Å²) in [6, 6.07) is 9.36. The number of aromatic nitrogens is 2. The van der Waals surface area contributed by atoms with Crippen molar-refractivity contribution < 1.29 is 23.6 Å².